The van der Waals surface area contributed by atoms with Crippen LogP contribution in [-0.4, -0.2) is 30.6 Å². The zero-order valence-corrected chi connectivity index (χ0v) is 11.0. The summed E-state index contributed by atoms with van der Waals surface area (Å²) in [4.78, 5) is 10.9. The fourth-order valence-corrected chi connectivity index (χ4v) is 1.57. The molecule has 0 aliphatic rings. The average molecular weight is 222 g/mol. The summed E-state index contributed by atoms with van der Waals surface area (Å²) in [5, 5.41) is 3.39. The maximum atomic E-state index is 4.49. The maximum absolute atomic E-state index is 4.49. The molecule has 0 saturated heterocycles. The molecule has 4 nitrogen and oxygen atoms in total. The summed E-state index contributed by atoms with van der Waals surface area (Å²) < 4.78 is 0. The van der Waals surface area contributed by atoms with Crippen LogP contribution in [0.5, 0.6) is 0 Å². The number of aryl methyl sites for hydroxylation is 2. The molecule has 0 bridgehead atoms. The average Bonchev–Trinajstić information content (AvgIpc) is 2.21. The Hall–Kier alpha value is -1.16. The molecule has 0 unspecified atom stereocenters. The molecule has 16 heavy (non-hydrogen) atoms. The molecule has 0 aliphatic carbocycles. The molecule has 0 saturated carbocycles. The quantitative estimate of drug-likeness (QED) is 0.769. The molecule has 0 aliphatic heterocycles. The van der Waals surface area contributed by atoms with E-state index >= 15 is 0 Å². The number of aromatic nitrogens is 2. The molecule has 0 radical (unpaired) electrons. The van der Waals surface area contributed by atoms with Crippen LogP contribution in [0.4, 0.5) is 5.95 Å². The summed E-state index contributed by atoms with van der Waals surface area (Å²) in [5.41, 5.74) is 3.36. The molecule has 0 fully saturated rings. The van der Waals surface area contributed by atoms with Gasteiger partial charge in [0.1, 0.15) is 0 Å². The summed E-state index contributed by atoms with van der Waals surface area (Å²) in [6, 6.07) is 0. The minimum atomic E-state index is 0.786. The smallest absolute Gasteiger partial charge is 0.225 e. The van der Waals surface area contributed by atoms with Crippen molar-refractivity contribution in [3.8, 4) is 0 Å². The standard InChI is InChI=1S/C12H22N4/c1-6-7-13-8-11-9(2)14-12(16(4)5)15-10(11)3/h13H,6-8H2,1-5H3. The third kappa shape index (κ3) is 3.17. The predicted molar refractivity (Wildman–Crippen MR) is 67.8 cm³/mol. The van der Waals surface area contributed by atoms with Gasteiger partial charge < -0.3 is 10.2 Å². The van der Waals surface area contributed by atoms with Crippen LogP contribution in [-0.2, 0) is 6.54 Å². The van der Waals surface area contributed by atoms with Crippen LogP contribution in [0.3, 0.4) is 0 Å². The second-order valence-corrected chi connectivity index (χ2v) is 4.24. The van der Waals surface area contributed by atoms with Crippen LogP contribution in [0.25, 0.3) is 0 Å². The number of hydrogen-bond acceptors (Lipinski definition) is 4. The Morgan fingerprint density at radius 3 is 2.12 bits per heavy atom. The van der Waals surface area contributed by atoms with Gasteiger partial charge in [-0.15, -0.1) is 0 Å². The third-order valence-electron chi connectivity index (χ3n) is 2.54. The highest BCUT2D eigenvalue weighted by molar-refractivity contribution is 5.34. The Bertz CT molecular complexity index is 324. The van der Waals surface area contributed by atoms with Gasteiger partial charge in [0.05, 0.1) is 0 Å². The van der Waals surface area contributed by atoms with Crippen LogP contribution in [0.1, 0.15) is 30.3 Å². The minimum Gasteiger partial charge on any atom is -0.347 e. The van der Waals surface area contributed by atoms with Crippen molar-refractivity contribution in [2.75, 3.05) is 25.5 Å². The van der Waals surface area contributed by atoms with Crippen molar-refractivity contribution in [1.82, 2.24) is 15.3 Å². The lowest BCUT2D eigenvalue weighted by atomic mass is 10.1. The van der Waals surface area contributed by atoms with E-state index in [9.17, 15) is 0 Å². The van der Waals surface area contributed by atoms with Gasteiger partial charge in [-0.2, -0.15) is 0 Å². The number of nitrogens with one attached hydrogen (secondary N) is 1. The first-order chi connectivity index (χ1) is 7.56. The molecular formula is C12H22N4. The second kappa shape index (κ2) is 5.80. The van der Waals surface area contributed by atoms with Crippen molar-refractivity contribution >= 4 is 5.95 Å². The van der Waals surface area contributed by atoms with Crippen molar-refractivity contribution in [2.24, 2.45) is 0 Å². The Balaban J connectivity index is 2.85. The van der Waals surface area contributed by atoms with E-state index in [1.807, 2.05) is 32.8 Å². The molecule has 1 aromatic rings. The lowest BCUT2D eigenvalue weighted by Gasteiger charge is -2.15. The summed E-state index contributed by atoms with van der Waals surface area (Å²) in [7, 11) is 3.92. The Morgan fingerprint density at radius 1 is 1.12 bits per heavy atom. The van der Waals surface area contributed by atoms with E-state index in [-0.39, 0.29) is 0 Å². The molecule has 0 spiro atoms. The number of anilines is 1. The summed E-state index contributed by atoms with van der Waals surface area (Å²) in [6.45, 7) is 8.15. The lowest BCUT2D eigenvalue weighted by molar-refractivity contribution is 0.664. The van der Waals surface area contributed by atoms with Gasteiger partial charge in [-0.25, -0.2) is 9.97 Å². The van der Waals surface area contributed by atoms with Crippen LogP contribution in [0.15, 0.2) is 0 Å². The highest BCUT2D eigenvalue weighted by atomic mass is 15.2. The van der Waals surface area contributed by atoms with Gasteiger partial charge in [0.15, 0.2) is 0 Å². The molecule has 1 heterocycles. The van der Waals surface area contributed by atoms with Crippen LogP contribution in [0, 0.1) is 13.8 Å². The first kappa shape index (κ1) is 12.9. The van der Waals surface area contributed by atoms with Gasteiger partial charge >= 0.3 is 0 Å². The summed E-state index contributed by atoms with van der Waals surface area (Å²) in [5.74, 6) is 0.786. The highest BCUT2D eigenvalue weighted by Gasteiger charge is 2.08. The van der Waals surface area contributed by atoms with E-state index in [0.29, 0.717) is 0 Å². The fraction of sp³-hybridized carbons (Fsp3) is 0.667. The fourth-order valence-electron chi connectivity index (χ4n) is 1.57. The van der Waals surface area contributed by atoms with E-state index < -0.39 is 0 Å². The topological polar surface area (TPSA) is 41.1 Å². The molecule has 90 valence electrons. The number of rotatable bonds is 5. The van der Waals surface area contributed by atoms with E-state index in [1.54, 1.807) is 0 Å². The predicted octanol–water partition coefficient (Wildman–Crippen LogP) is 1.66. The monoisotopic (exact) mass is 222 g/mol. The zero-order chi connectivity index (χ0) is 12.1. The third-order valence-corrected chi connectivity index (χ3v) is 2.54. The Labute approximate surface area is 98.1 Å². The molecule has 0 atom stereocenters. The van der Waals surface area contributed by atoms with Gasteiger partial charge in [-0.1, -0.05) is 6.92 Å². The number of nitrogens with zero attached hydrogens (tertiary/aromatic N) is 3. The SMILES string of the molecule is CCCNCc1c(C)nc(N(C)C)nc1C. The van der Waals surface area contributed by atoms with E-state index in [2.05, 4.69) is 22.2 Å². The summed E-state index contributed by atoms with van der Waals surface area (Å²) in [6.07, 6.45) is 1.15. The van der Waals surface area contributed by atoms with Gasteiger partial charge in [-0.3, -0.25) is 0 Å². The first-order valence-electron chi connectivity index (χ1n) is 5.78. The Morgan fingerprint density at radius 2 is 1.69 bits per heavy atom. The first-order valence-corrected chi connectivity index (χ1v) is 5.78. The highest BCUT2D eigenvalue weighted by Crippen LogP contribution is 2.13. The molecular weight excluding hydrogens is 200 g/mol. The molecule has 0 amide bonds. The molecule has 1 N–H and O–H groups in total. The summed E-state index contributed by atoms with van der Waals surface area (Å²) >= 11 is 0. The van der Waals surface area contributed by atoms with Gasteiger partial charge in [-0.05, 0) is 26.8 Å². The lowest BCUT2D eigenvalue weighted by Crippen LogP contribution is -2.19. The zero-order valence-electron chi connectivity index (χ0n) is 11.0. The maximum Gasteiger partial charge on any atom is 0.225 e. The van der Waals surface area contributed by atoms with E-state index in [4.69, 9.17) is 0 Å². The number of hydrogen-bond donors (Lipinski definition) is 1. The second-order valence-electron chi connectivity index (χ2n) is 4.24. The van der Waals surface area contributed by atoms with Crippen molar-refractivity contribution in [2.45, 2.75) is 33.7 Å². The van der Waals surface area contributed by atoms with Gasteiger partial charge in [0.25, 0.3) is 0 Å². The molecule has 1 aromatic heterocycles. The van der Waals surface area contributed by atoms with Crippen LogP contribution >= 0.6 is 0 Å². The van der Waals surface area contributed by atoms with Crippen molar-refractivity contribution in [3.05, 3.63) is 17.0 Å². The van der Waals surface area contributed by atoms with E-state index in [1.165, 1.54) is 5.56 Å². The molecule has 0 aromatic carbocycles. The van der Waals surface area contributed by atoms with Crippen LogP contribution in [0.2, 0.25) is 0 Å². The molecule has 4 heteroatoms. The minimum absolute atomic E-state index is 0.786. The normalized spacial score (nSPS) is 10.6. The largest absolute Gasteiger partial charge is 0.347 e. The van der Waals surface area contributed by atoms with Crippen LogP contribution < -0.4 is 10.2 Å². The van der Waals surface area contributed by atoms with Crippen molar-refractivity contribution < 1.29 is 0 Å². The van der Waals surface area contributed by atoms with Crippen molar-refractivity contribution in [3.63, 3.8) is 0 Å². The van der Waals surface area contributed by atoms with Crippen molar-refractivity contribution in [1.29, 1.82) is 0 Å². The van der Waals surface area contributed by atoms with Gasteiger partial charge in [0, 0.05) is 37.6 Å². The Kier molecular flexibility index (Phi) is 4.68. The molecule has 1 rings (SSSR count). The van der Waals surface area contributed by atoms with Gasteiger partial charge in [0.2, 0.25) is 5.95 Å². The van der Waals surface area contributed by atoms with E-state index in [0.717, 1.165) is 36.8 Å².